The van der Waals surface area contributed by atoms with E-state index in [-0.39, 0.29) is 23.2 Å². The smallest absolute Gasteiger partial charge is 0.141 e. The maximum absolute atomic E-state index is 13.2. The number of benzene rings is 1. The van der Waals surface area contributed by atoms with Gasteiger partial charge in [-0.2, -0.15) is 0 Å². The van der Waals surface area contributed by atoms with E-state index in [9.17, 15) is 4.39 Å². The minimum absolute atomic E-state index is 0. The zero-order chi connectivity index (χ0) is 13.4. The van der Waals surface area contributed by atoms with Crippen molar-refractivity contribution in [2.45, 2.75) is 44.3 Å². The van der Waals surface area contributed by atoms with E-state index < -0.39 is 0 Å². The Balaban J connectivity index is 0.00000147. The molecule has 2 aliphatic rings. The molecule has 0 amide bonds. The van der Waals surface area contributed by atoms with Gasteiger partial charge in [0, 0.05) is 31.2 Å². The fourth-order valence-electron chi connectivity index (χ4n) is 3.30. The lowest BCUT2D eigenvalue weighted by atomic mass is 10.0. The predicted molar refractivity (Wildman–Crippen MR) is 83.2 cm³/mol. The highest BCUT2D eigenvalue weighted by molar-refractivity contribution is 6.30. The van der Waals surface area contributed by atoms with Crippen LogP contribution in [0.3, 0.4) is 0 Å². The highest BCUT2D eigenvalue weighted by Crippen LogP contribution is 2.29. The van der Waals surface area contributed by atoms with Gasteiger partial charge in [-0.05, 0) is 43.9 Å². The van der Waals surface area contributed by atoms with E-state index in [0.717, 1.165) is 18.7 Å². The van der Waals surface area contributed by atoms with Gasteiger partial charge in [-0.3, -0.25) is 4.90 Å². The fourth-order valence-corrected chi connectivity index (χ4v) is 3.49. The molecular weight excluding hydrogens is 298 g/mol. The first-order valence-corrected chi connectivity index (χ1v) is 7.46. The highest BCUT2D eigenvalue weighted by Gasteiger charge is 2.31. The molecule has 20 heavy (non-hydrogen) atoms. The van der Waals surface area contributed by atoms with Crippen molar-refractivity contribution >= 4 is 24.0 Å². The first kappa shape index (κ1) is 16.0. The van der Waals surface area contributed by atoms with Crippen LogP contribution in [0.1, 0.15) is 37.8 Å². The number of nitrogens with zero attached hydrogens (tertiary/aromatic N) is 1. The van der Waals surface area contributed by atoms with E-state index >= 15 is 0 Å². The van der Waals surface area contributed by atoms with Gasteiger partial charge in [0.25, 0.3) is 0 Å². The number of halogens is 3. The average molecular weight is 319 g/mol. The lowest BCUT2D eigenvalue weighted by Crippen LogP contribution is -2.36. The molecule has 3 unspecified atom stereocenters. The van der Waals surface area contributed by atoms with E-state index in [0.29, 0.717) is 18.1 Å². The van der Waals surface area contributed by atoms with E-state index in [1.54, 1.807) is 6.07 Å². The number of hydrogen-bond acceptors (Lipinski definition) is 2. The third-order valence-corrected chi connectivity index (χ3v) is 4.82. The molecule has 5 heteroatoms. The van der Waals surface area contributed by atoms with Crippen molar-refractivity contribution < 1.29 is 4.39 Å². The maximum atomic E-state index is 13.2. The standard InChI is InChI=1S/C15H20ClFN2.ClH/c1-10(11-2-5-15(17)14(16)8-11)19-7-6-12-3-4-13(9-19)18-12;/h2,5,8,10,12-13,18H,3-4,6-7,9H2,1H3;1H. The molecule has 1 aromatic rings. The van der Waals surface area contributed by atoms with Crippen LogP contribution in [0.25, 0.3) is 0 Å². The Kier molecular flexibility index (Phi) is 5.30. The fraction of sp³-hybridized carbons (Fsp3) is 0.600. The van der Waals surface area contributed by atoms with Gasteiger partial charge < -0.3 is 5.32 Å². The number of likely N-dealkylation sites (tertiary alicyclic amines) is 1. The van der Waals surface area contributed by atoms with Gasteiger partial charge in [0.2, 0.25) is 0 Å². The Morgan fingerprint density at radius 2 is 2.05 bits per heavy atom. The third-order valence-electron chi connectivity index (χ3n) is 4.53. The van der Waals surface area contributed by atoms with Gasteiger partial charge in [-0.25, -0.2) is 4.39 Å². The molecule has 2 nitrogen and oxygen atoms in total. The lowest BCUT2D eigenvalue weighted by molar-refractivity contribution is 0.200. The van der Waals surface area contributed by atoms with Crippen molar-refractivity contribution in [3.8, 4) is 0 Å². The second-order valence-electron chi connectivity index (χ2n) is 5.77. The largest absolute Gasteiger partial charge is 0.310 e. The van der Waals surface area contributed by atoms with E-state index in [1.165, 1.54) is 25.3 Å². The summed E-state index contributed by atoms with van der Waals surface area (Å²) < 4.78 is 13.2. The molecule has 3 atom stereocenters. The number of rotatable bonds is 2. The zero-order valence-corrected chi connectivity index (χ0v) is 13.2. The number of hydrogen-bond donors (Lipinski definition) is 1. The zero-order valence-electron chi connectivity index (χ0n) is 11.6. The Morgan fingerprint density at radius 3 is 2.80 bits per heavy atom. The first-order chi connectivity index (χ1) is 9.13. The normalized spacial score (nSPS) is 27.8. The molecule has 1 aromatic carbocycles. The monoisotopic (exact) mass is 318 g/mol. The molecule has 0 aliphatic carbocycles. The van der Waals surface area contributed by atoms with Gasteiger partial charge in [0.1, 0.15) is 5.82 Å². The summed E-state index contributed by atoms with van der Waals surface area (Å²) in [5.41, 5.74) is 1.10. The van der Waals surface area contributed by atoms with Gasteiger partial charge in [0.05, 0.1) is 5.02 Å². The summed E-state index contributed by atoms with van der Waals surface area (Å²) in [5.74, 6) is -0.339. The van der Waals surface area contributed by atoms with Crippen molar-refractivity contribution in [1.29, 1.82) is 0 Å². The van der Waals surface area contributed by atoms with Crippen LogP contribution >= 0.6 is 24.0 Å². The van der Waals surface area contributed by atoms with Crippen LogP contribution in [0, 0.1) is 5.82 Å². The van der Waals surface area contributed by atoms with Crippen LogP contribution in [-0.2, 0) is 0 Å². The Morgan fingerprint density at radius 1 is 1.30 bits per heavy atom. The van der Waals surface area contributed by atoms with Gasteiger partial charge in [-0.15, -0.1) is 12.4 Å². The Labute approximate surface area is 131 Å². The molecule has 2 aliphatic heterocycles. The van der Waals surface area contributed by atoms with Crippen molar-refractivity contribution in [2.24, 2.45) is 0 Å². The van der Waals surface area contributed by atoms with Crippen LogP contribution in [0.2, 0.25) is 5.02 Å². The van der Waals surface area contributed by atoms with Crippen LogP contribution in [0.5, 0.6) is 0 Å². The SMILES string of the molecule is CC(c1ccc(F)c(Cl)c1)N1CCC2CCC(C1)N2.Cl. The molecule has 2 fully saturated rings. The Bertz CT molecular complexity index is 469. The molecule has 2 heterocycles. The van der Waals surface area contributed by atoms with Crippen molar-refractivity contribution in [1.82, 2.24) is 10.2 Å². The van der Waals surface area contributed by atoms with Crippen molar-refractivity contribution in [2.75, 3.05) is 13.1 Å². The summed E-state index contributed by atoms with van der Waals surface area (Å²) in [6.07, 6.45) is 3.79. The minimum atomic E-state index is -0.339. The molecule has 0 saturated carbocycles. The molecule has 112 valence electrons. The summed E-state index contributed by atoms with van der Waals surface area (Å²) >= 11 is 5.89. The summed E-state index contributed by atoms with van der Waals surface area (Å²) in [4.78, 5) is 2.49. The summed E-state index contributed by atoms with van der Waals surface area (Å²) in [6, 6.07) is 6.68. The molecule has 3 rings (SSSR count). The molecule has 0 spiro atoms. The molecular formula is C15H21Cl2FN2. The van der Waals surface area contributed by atoms with Crippen molar-refractivity contribution in [3.05, 3.63) is 34.6 Å². The highest BCUT2D eigenvalue weighted by atomic mass is 35.5. The van der Waals surface area contributed by atoms with Gasteiger partial charge in [-0.1, -0.05) is 17.7 Å². The quantitative estimate of drug-likeness (QED) is 0.892. The number of fused-ring (bicyclic) bond motifs is 2. The summed E-state index contributed by atoms with van der Waals surface area (Å²) in [6.45, 7) is 4.36. The summed E-state index contributed by atoms with van der Waals surface area (Å²) in [7, 11) is 0. The predicted octanol–water partition coefficient (Wildman–Crippen LogP) is 3.79. The van der Waals surface area contributed by atoms with Crippen LogP contribution in [0.4, 0.5) is 4.39 Å². The maximum Gasteiger partial charge on any atom is 0.141 e. The van der Waals surface area contributed by atoms with E-state index in [1.807, 2.05) is 6.07 Å². The van der Waals surface area contributed by atoms with E-state index in [4.69, 9.17) is 11.6 Å². The third kappa shape index (κ3) is 3.28. The molecule has 0 radical (unpaired) electrons. The summed E-state index contributed by atoms with van der Waals surface area (Å²) in [5, 5.41) is 3.90. The number of nitrogens with one attached hydrogen (secondary N) is 1. The van der Waals surface area contributed by atoms with Gasteiger partial charge >= 0.3 is 0 Å². The Hall–Kier alpha value is -0.350. The van der Waals surface area contributed by atoms with E-state index in [2.05, 4.69) is 17.1 Å². The second-order valence-corrected chi connectivity index (χ2v) is 6.18. The molecule has 2 bridgehead atoms. The van der Waals surface area contributed by atoms with Gasteiger partial charge in [0.15, 0.2) is 0 Å². The lowest BCUT2D eigenvalue weighted by Gasteiger charge is -2.30. The first-order valence-electron chi connectivity index (χ1n) is 7.08. The minimum Gasteiger partial charge on any atom is -0.310 e. The second kappa shape index (κ2) is 6.61. The van der Waals surface area contributed by atoms with Crippen LogP contribution in [-0.4, -0.2) is 30.1 Å². The average Bonchev–Trinajstić information content (AvgIpc) is 2.72. The molecule has 0 aromatic heterocycles. The molecule has 1 N–H and O–H groups in total. The van der Waals surface area contributed by atoms with Crippen molar-refractivity contribution in [3.63, 3.8) is 0 Å². The van der Waals surface area contributed by atoms with Crippen LogP contribution < -0.4 is 5.32 Å². The topological polar surface area (TPSA) is 15.3 Å². The molecule has 2 saturated heterocycles. The van der Waals surface area contributed by atoms with Crippen LogP contribution in [0.15, 0.2) is 18.2 Å².